The summed E-state index contributed by atoms with van der Waals surface area (Å²) < 4.78 is 16.2. The second-order valence-corrected chi connectivity index (χ2v) is 7.75. The van der Waals surface area contributed by atoms with Crippen molar-refractivity contribution in [2.45, 2.75) is 38.7 Å². The van der Waals surface area contributed by atoms with E-state index in [1.54, 1.807) is 25.3 Å². The van der Waals surface area contributed by atoms with E-state index in [2.05, 4.69) is 24.5 Å². The highest BCUT2D eigenvalue weighted by molar-refractivity contribution is 14.0. The fraction of sp³-hybridized carbons (Fsp3) is 0.476. The Hall–Kier alpha value is -1.94. The van der Waals surface area contributed by atoms with Gasteiger partial charge in [0, 0.05) is 12.0 Å². The zero-order chi connectivity index (χ0) is 20.2. The Balaban J connectivity index is 0.00000300. The van der Waals surface area contributed by atoms with Crippen LogP contribution in [0.5, 0.6) is 11.5 Å². The van der Waals surface area contributed by atoms with Crippen LogP contribution in [0.3, 0.4) is 0 Å². The molecule has 0 amide bonds. The van der Waals surface area contributed by atoms with Crippen LogP contribution in [0.15, 0.2) is 46.0 Å². The van der Waals surface area contributed by atoms with Crippen LogP contribution in [0.2, 0.25) is 0 Å². The Morgan fingerprint density at radius 1 is 1.14 bits per heavy atom. The largest absolute Gasteiger partial charge is 0.466 e. The Morgan fingerprint density at radius 3 is 2.59 bits per heavy atom. The van der Waals surface area contributed by atoms with Crippen molar-refractivity contribution in [3.05, 3.63) is 47.9 Å². The van der Waals surface area contributed by atoms with Gasteiger partial charge in [0.25, 0.3) is 0 Å². The van der Waals surface area contributed by atoms with Crippen molar-refractivity contribution in [1.82, 2.24) is 10.6 Å². The molecule has 2 heterocycles. The smallest absolute Gasteiger partial charge is 0.231 e. The molecular formula is C21H30IN3O4. The third kappa shape index (κ3) is 5.79. The SMILES string of the molecule is CCNC(=NCC(C)(C)c1ccc2c(c1)OCO2)NCC(C)(O)c1ccco1.I. The third-order valence-corrected chi connectivity index (χ3v) is 4.78. The number of hydrogen-bond donors (Lipinski definition) is 3. The average molecular weight is 515 g/mol. The highest BCUT2D eigenvalue weighted by atomic mass is 127. The molecule has 2 aromatic rings. The Morgan fingerprint density at radius 2 is 1.90 bits per heavy atom. The zero-order valence-electron chi connectivity index (χ0n) is 17.3. The molecule has 1 aliphatic rings. The van der Waals surface area contributed by atoms with E-state index in [0.717, 1.165) is 23.6 Å². The number of hydrogen-bond acceptors (Lipinski definition) is 5. The minimum Gasteiger partial charge on any atom is -0.466 e. The van der Waals surface area contributed by atoms with Gasteiger partial charge in [0.1, 0.15) is 11.4 Å². The molecule has 3 rings (SSSR count). The fourth-order valence-corrected chi connectivity index (χ4v) is 2.96. The number of nitrogens with one attached hydrogen (secondary N) is 2. The van der Waals surface area contributed by atoms with E-state index in [0.29, 0.717) is 18.3 Å². The summed E-state index contributed by atoms with van der Waals surface area (Å²) in [6.45, 7) is 9.80. The van der Waals surface area contributed by atoms with E-state index in [4.69, 9.17) is 18.9 Å². The number of fused-ring (bicyclic) bond motifs is 1. The number of ether oxygens (including phenoxy) is 2. The number of halogens is 1. The number of guanidine groups is 1. The molecule has 0 saturated carbocycles. The molecule has 8 heteroatoms. The van der Waals surface area contributed by atoms with Crippen molar-refractivity contribution in [1.29, 1.82) is 0 Å². The van der Waals surface area contributed by atoms with E-state index >= 15 is 0 Å². The summed E-state index contributed by atoms with van der Waals surface area (Å²) in [4.78, 5) is 4.72. The maximum Gasteiger partial charge on any atom is 0.231 e. The molecule has 0 aliphatic carbocycles. The van der Waals surface area contributed by atoms with Gasteiger partial charge in [0.2, 0.25) is 6.79 Å². The van der Waals surface area contributed by atoms with Crippen LogP contribution in [-0.2, 0) is 11.0 Å². The molecule has 0 radical (unpaired) electrons. The van der Waals surface area contributed by atoms with Crippen molar-refractivity contribution >= 4 is 29.9 Å². The number of nitrogens with zero attached hydrogens (tertiary/aromatic N) is 1. The van der Waals surface area contributed by atoms with Crippen LogP contribution in [0.25, 0.3) is 0 Å². The molecule has 1 unspecified atom stereocenters. The zero-order valence-corrected chi connectivity index (χ0v) is 19.7. The predicted octanol–water partition coefficient (Wildman–Crippen LogP) is 3.37. The third-order valence-electron chi connectivity index (χ3n) is 4.78. The van der Waals surface area contributed by atoms with Crippen LogP contribution >= 0.6 is 24.0 Å². The van der Waals surface area contributed by atoms with E-state index in [1.807, 2.05) is 25.1 Å². The van der Waals surface area contributed by atoms with Gasteiger partial charge in [-0.05, 0) is 43.7 Å². The van der Waals surface area contributed by atoms with E-state index in [1.165, 1.54) is 0 Å². The number of aliphatic hydroxyl groups is 1. The molecular weight excluding hydrogens is 485 g/mol. The standard InChI is InChI=1S/C21H29N3O4.HI/c1-5-22-19(24-13-21(4,25)18-7-6-10-26-18)23-12-20(2,3)15-8-9-16-17(11-15)28-14-27-16;/h6-11,25H,5,12-14H2,1-4H3,(H2,22,23,24);1H. The van der Waals surface area contributed by atoms with Gasteiger partial charge in [-0.15, -0.1) is 24.0 Å². The predicted molar refractivity (Wildman–Crippen MR) is 123 cm³/mol. The molecule has 0 bridgehead atoms. The van der Waals surface area contributed by atoms with Crippen LogP contribution < -0.4 is 20.1 Å². The lowest BCUT2D eigenvalue weighted by molar-refractivity contribution is 0.0386. The van der Waals surface area contributed by atoms with Gasteiger partial charge in [-0.3, -0.25) is 4.99 Å². The minimum atomic E-state index is -1.13. The molecule has 29 heavy (non-hydrogen) atoms. The summed E-state index contributed by atoms with van der Waals surface area (Å²) in [7, 11) is 0. The molecule has 7 nitrogen and oxygen atoms in total. The first kappa shape index (κ1) is 23.3. The Bertz CT molecular complexity index is 819. The van der Waals surface area contributed by atoms with Gasteiger partial charge < -0.3 is 29.6 Å². The first-order valence-electron chi connectivity index (χ1n) is 9.50. The van der Waals surface area contributed by atoms with Crippen molar-refractivity contribution in [3.8, 4) is 11.5 Å². The molecule has 0 fully saturated rings. The topological polar surface area (TPSA) is 88.3 Å². The normalized spacial score (nSPS) is 15.4. The average Bonchev–Trinajstić information content (AvgIpc) is 3.35. The summed E-state index contributed by atoms with van der Waals surface area (Å²) in [6.07, 6.45) is 1.55. The lowest BCUT2D eigenvalue weighted by Crippen LogP contribution is -2.45. The second-order valence-electron chi connectivity index (χ2n) is 7.75. The fourth-order valence-electron chi connectivity index (χ4n) is 2.96. The number of benzene rings is 1. The van der Waals surface area contributed by atoms with Gasteiger partial charge in [0.05, 0.1) is 19.4 Å². The molecule has 1 aromatic carbocycles. The van der Waals surface area contributed by atoms with Gasteiger partial charge in [-0.2, -0.15) is 0 Å². The molecule has 1 aliphatic heterocycles. The molecule has 0 saturated heterocycles. The summed E-state index contributed by atoms with van der Waals surface area (Å²) in [5.41, 5.74) is -0.210. The Labute approximate surface area is 188 Å². The summed E-state index contributed by atoms with van der Waals surface area (Å²) in [6, 6.07) is 9.52. The van der Waals surface area contributed by atoms with Crippen LogP contribution in [-0.4, -0.2) is 37.5 Å². The minimum absolute atomic E-state index is 0. The maximum absolute atomic E-state index is 10.6. The molecule has 0 spiro atoms. The maximum atomic E-state index is 10.6. The lowest BCUT2D eigenvalue weighted by Gasteiger charge is -2.25. The van der Waals surface area contributed by atoms with Gasteiger partial charge in [-0.1, -0.05) is 19.9 Å². The summed E-state index contributed by atoms with van der Waals surface area (Å²) in [5, 5.41) is 17.0. The van der Waals surface area contributed by atoms with Crippen LogP contribution in [0.4, 0.5) is 0 Å². The first-order valence-corrected chi connectivity index (χ1v) is 9.50. The van der Waals surface area contributed by atoms with E-state index in [9.17, 15) is 5.11 Å². The van der Waals surface area contributed by atoms with Gasteiger partial charge in [0.15, 0.2) is 17.5 Å². The second kappa shape index (κ2) is 9.71. The summed E-state index contributed by atoms with van der Waals surface area (Å²) >= 11 is 0. The van der Waals surface area contributed by atoms with Gasteiger partial charge in [-0.25, -0.2) is 0 Å². The molecule has 1 atom stereocenters. The Kier molecular flexibility index (Phi) is 7.81. The van der Waals surface area contributed by atoms with Gasteiger partial charge >= 0.3 is 0 Å². The van der Waals surface area contributed by atoms with Crippen LogP contribution in [0.1, 0.15) is 39.0 Å². The number of furan rings is 1. The summed E-state index contributed by atoms with van der Waals surface area (Å²) in [5.74, 6) is 2.70. The molecule has 3 N–H and O–H groups in total. The van der Waals surface area contributed by atoms with Crippen molar-refractivity contribution in [2.24, 2.45) is 4.99 Å². The van der Waals surface area contributed by atoms with E-state index in [-0.39, 0.29) is 42.7 Å². The first-order chi connectivity index (χ1) is 13.3. The number of aliphatic imine (C=N–C) groups is 1. The molecule has 1 aromatic heterocycles. The van der Waals surface area contributed by atoms with Crippen LogP contribution in [0, 0.1) is 0 Å². The monoisotopic (exact) mass is 515 g/mol. The highest BCUT2D eigenvalue weighted by Crippen LogP contribution is 2.36. The van der Waals surface area contributed by atoms with Crippen molar-refractivity contribution in [2.75, 3.05) is 26.4 Å². The van der Waals surface area contributed by atoms with Crippen molar-refractivity contribution in [3.63, 3.8) is 0 Å². The molecule has 160 valence electrons. The quantitative estimate of drug-likeness (QED) is 0.298. The lowest BCUT2D eigenvalue weighted by atomic mass is 9.84. The van der Waals surface area contributed by atoms with Crippen molar-refractivity contribution < 1.29 is 19.0 Å². The van der Waals surface area contributed by atoms with E-state index < -0.39 is 5.60 Å². The number of rotatable bonds is 7. The highest BCUT2D eigenvalue weighted by Gasteiger charge is 2.27.